The van der Waals surface area contributed by atoms with Crippen LogP contribution >= 0.6 is 0 Å². The van der Waals surface area contributed by atoms with Gasteiger partial charge in [0.05, 0.1) is 6.04 Å². The van der Waals surface area contributed by atoms with Gasteiger partial charge in [0.1, 0.15) is 0 Å². The summed E-state index contributed by atoms with van der Waals surface area (Å²) in [5.41, 5.74) is 5.75. The van der Waals surface area contributed by atoms with Crippen LogP contribution in [0.2, 0.25) is 0 Å². The van der Waals surface area contributed by atoms with Crippen LogP contribution in [0.25, 0.3) is 0 Å². The highest BCUT2D eigenvalue weighted by molar-refractivity contribution is 5.93. The van der Waals surface area contributed by atoms with Crippen LogP contribution in [-0.4, -0.2) is 21.5 Å². The Bertz CT molecular complexity index is 359. The first-order valence-corrected chi connectivity index (χ1v) is 6.12. The molecule has 5 heteroatoms. The monoisotopic (exact) mass is 238 g/mol. The van der Waals surface area contributed by atoms with E-state index in [0.29, 0.717) is 18.3 Å². The van der Waals surface area contributed by atoms with E-state index in [4.69, 9.17) is 5.73 Å². The second-order valence-electron chi connectivity index (χ2n) is 4.68. The number of amides is 1. The summed E-state index contributed by atoms with van der Waals surface area (Å²) in [5.74, 6) is 0.919. The molecule has 0 fully saturated rings. The van der Waals surface area contributed by atoms with Crippen molar-refractivity contribution in [2.24, 2.45) is 11.7 Å². The lowest BCUT2D eigenvalue weighted by Gasteiger charge is -2.13. The molecule has 5 nitrogen and oxygen atoms in total. The van der Waals surface area contributed by atoms with E-state index in [1.54, 1.807) is 6.20 Å². The van der Waals surface area contributed by atoms with Crippen molar-refractivity contribution in [1.29, 1.82) is 0 Å². The van der Waals surface area contributed by atoms with Gasteiger partial charge in [0.15, 0.2) is 0 Å². The van der Waals surface area contributed by atoms with Crippen molar-refractivity contribution in [2.45, 2.75) is 46.2 Å². The van der Waals surface area contributed by atoms with Crippen molar-refractivity contribution in [1.82, 2.24) is 9.55 Å². The molecule has 3 N–H and O–H groups in total. The summed E-state index contributed by atoms with van der Waals surface area (Å²) in [6.07, 6.45) is 5.13. The number of hydrogen-bond donors (Lipinski definition) is 2. The molecule has 1 atom stereocenters. The predicted octanol–water partition coefficient (Wildman–Crippen LogP) is 1.60. The molecule has 0 spiro atoms. The van der Waals surface area contributed by atoms with Gasteiger partial charge in [0.25, 0.3) is 0 Å². The van der Waals surface area contributed by atoms with Gasteiger partial charge >= 0.3 is 0 Å². The normalized spacial score (nSPS) is 12.8. The number of anilines is 1. The van der Waals surface area contributed by atoms with Crippen molar-refractivity contribution in [3.8, 4) is 0 Å². The number of nitrogens with one attached hydrogen (secondary N) is 1. The Labute approximate surface area is 102 Å². The van der Waals surface area contributed by atoms with E-state index >= 15 is 0 Å². The van der Waals surface area contributed by atoms with Gasteiger partial charge in [-0.05, 0) is 12.3 Å². The molecule has 0 saturated heterocycles. The lowest BCUT2D eigenvalue weighted by Crippen LogP contribution is -2.36. The SMILES string of the molecule is CCCC(N)C(=O)Nc1nccn1CC(C)C. The molecule has 0 aromatic carbocycles. The number of rotatable bonds is 6. The highest BCUT2D eigenvalue weighted by Gasteiger charge is 2.14. The van der Waals surface area contributed by atoms with E-state index in [0.717, 1.165) is 13.0 Å². The molecule has 0 radical (unpaired) electrons. The maximum atomic E-state index is 11.7. The molecule has 1 aromatic rings. The molecule has 0 aliphatic heterocycles. The fourth-order valence-corrected chi connectivity index (χ4v) is 1.62. The molecule has 0 saturated carbocycles. The first-order chi connectivity index (χ1) is 8.04. The lowest BCUT2D eigenvalue weighted by atomic mass is 10.2. The summed E-state index contributed by atoms with van der Waals surface area (Å²) in [6.45, 7) is 7.08. The summed E-state index contributed by atoms with van der Waals surface area (Å²) in [6, 6.07) is -0.454. The summed E-state index contributed by atoms with van der Waals surface area (Å²) < 4.78 is 1.93. The molecular formula is C12H22N4O. The fraction of sp³-hybridized carbons (Fsp3) is 0.667. The Morgan fingerprint density at radius 3 is 2.88 bits per heavy atom. The van der Waals surface area contributed by atoms with Gasteiger partial charge in [0, 0.05) is 18.9 Å². The number of hydrogen-bond acceptors (Lipinski definition) is 3. The molecule has 1 amide bonds. The Balaban J connectivity index is 2.62. The molecule has 0 aliphatic carbocycles. The van der Waals surface area contributed by atoms with E-state index < -0.39 is 6.04 Å². The molecular weight excluding hydrogens is 216 g/mol. The third-order valence-corrected chi connectivity index (χ3v) is 2.45. The average molecular weight is 238 g/mol. The topological polar surface area (TPSA) is 72.9 Å². The van der Waals surface area contributed by atoms with Crippen LogP contribution in [0.3, 0.4) is 0 Å². The minimum atomic E-state index is -0.454. The van der Waals surface area contributed by atoms with Crippen molar-refractivity contribution in [3.05, 3.63) is 12.4 Å². The molecule has 1 unspecified atom stereocenters. The van der Waals surface area contributed by atoms with E-state index in [2.05, 4.69) is 24.1 Å². The zero-order valence-electron chi connectivity index (χ0n) is 10.8. The van der Waals surface area contributed by atoms with Crippen LogP contribution in [0.1, 0.15) is 33.6 Å². The third kappa shape index (κ3) is 4.19. The number of nitrogens with two attached hydrogens (primary N) is 1. The lowest BCUT2D eigenvalue weighted by molar-refractivity contribution is -0.117. The van der Waals surface area contributed by atoms with Crippen LogP contribution in [0, 0.1) is 5.92 Å². The van der Waals surface area contributed by atoms with Gasteiger partial charge < -0.3 is 10.3 Å². The fourth-order valence-electron chi connectivity index (χ4n) is 1.62. The summed E-state index contributed by atoms with van der Waals surface area (Å²) >= 11 is 0. The van der Waals surface area contributed by atoms with Crippen LogP contribution in [0.5, 0.6) is 0 Å². The number of imidazole rings is 1. The number of carbonyl (C=O) groups is 1. The minimum Gasteiger partial charge on any atom is -0.320 e. The van der Waals surface area contributed by atoms with Crippen LogP contribution in [0.15, 0.2) is 12.4 Å². The van der Waals surface area contributed by atoms with Crippen molar-refractivity contribution in [3.63, 3.8) is 0 Å². The van der Waals surface area contributed by atoms with E-state index in [1.165, 1.54) is 0 Å². The zero-order valence-corrected chi connectivity index (χ0v) is 10.8. The van der Waals surface area contributed by atoms with Crippen LogP contribution in [-0.2, 0) is 11.3 Å². The quantitative estimate of drug-likeness (QED) is 0.790. The predicted molar refractivity (Wildman–Crippen MR) is 68.6 cm³/mol. The number of aromatic nitrogens is 2. The van der Waals surface area contributed by atoms with Crippen molar-refractivity contribution < 1.29 is 4.79 Å². The van der Waals surface area contributed by atoms with E-state index in [1.807, 2.05) is 17.7 Å². The Kier molecular flexibility index (Phi) is 5.15. The first kappa shape index (κ1) is 13.7. The Hall–Kier alpha value is -1.36. The number of carbonyl (C=O) groups excluding carboxylic acids is 1. The summed E-state index contributed by atoms with van der Waals surface area (Å²) in [5, 5.41) is 2.77. The third-order valence-electron chi connectivity index (χ3n) is 2.45. The van der Waals surface area contributed by atoms with Gasteiger partial charge in [-0.1, -0.05) is 27.2 Å². The highest BCUT2D eigenvalue weighted by Crippen LogP contribution is 2.09. The van der Waals surface area contributed by atoms with Gasteiger partial charge in [-0.25, -0.2) is 4.98 Å². The van der Waals surface area contributed by atoms with Gasteiger partial charge in [-0.15, -0.1) is 0 Å². The van der Waals surface area contributed by atoms with Gasteiger partial charge in [-0.2, -0.15) is 0 Å². The second-order valence-corrected chi connectivity index (χ2v) is 4.68. The van der Waals surface area contributed by atoms with Crippen LogP contribution in [0.4, 0.5) is 5.95 Å². The molecule has 0 aliphatic rings. The average Bonchev–Trinajstić information content (AvgIpc) is 2.65. The molecule has 1 heterocycles. The maximum Gasteiger partial charge on any atom is 0.243 e. The van der Waals surface area contributed by atoms with Crippen molar-refractivity contribution >= 4 is 11.9 Å². The van der Waals surface area contributed by atoms with E-state index in [-0.39, 0.29) is 5.91 Å². The molecule has 0 bridgehead atoms. The van der Waals surface area contributed by atoms with Gasteiger partial charge in [0.2, 0.25) is 11.9 Å². The standard InChI is InChI=1S/C12H22N4O/c1-4-5-10(13)11(17)15-12-14-6-7-16(12)8-9(2)3/h6-7,9-10H,4-5,8,13H2,1-3H3,(H,14,15,17). The maximum absolute atomic E-state index is 11.7. The zero-order chi connectivity index (χ0) is 12.8. The first-order valence-electron chi connectivity index (χ1n) is 6.12. The highest BCUT2D eigenvalue weighted by atomic mass is 16.2. The van der Waals surface area contributed by atoms with E-state index in [9.17, 15) is 4.79 Å². The molecule has 1 rings (SSSR count). The number of nitrogens with zero attached hydrogens (tertiary/aromatic N) is 2. The second kappa shape index (κ2) is 6.39. The van der Waals surface area contributed by atoms with Gasteiger partial charge in [-0.3, -0.25) is 10.1 Å². The summed E-state index contributed by atoms with van der Waals surface area (Å²) in [7, 11) is 0. The molecule has 17 heavy (non-hydrogen) atoms. The minimum absolute atomic E-state index is 0.164. The summed E-state index contributed by atoms with van der Waals surface area (Å²) in [4.78, 5) is 15.9. The largest absolute Gasteiger partial charge is 0.320 e. The molecule has 1 aromatic heterocycles. The smallest absolute Gasteiger partial charge is 0.243 e. The van der Waals surface area contributed by atoms with Crippen LogP contribution < -0.4 is 11.1 Å². The molecule has 96 valence electrons. The van der Waals surface area contributed by atoms with Crippen molar-refractivity contribution in [2.75, 3.05) is 5.32 Å². The Morgan fingerprint density at radius 2 is 2.29 bits per heavy atom. The Morgan fingerprint density at radius 1 is 1.59 bits per heavy atom.